The van der Waals surface area contributed by atoms with Gasteiger partial charge in [-0.1, -0.05) is 92.1 Å². The zero-order valence-electron chi connectivity index (χ0n) is 25.0. The number of carboxylic acid groups (broad SMARTS) is 2. The number of para-hydroxylation sites is 2. The molecule has 45 heavy (non-hydrogen) atoms. The Kier molecular flexibility index (Phi) is 12.1. The molecule has 0 spiro atoms. The fourth-order valence-electron chi connectivity index (χ4n) is 4.82. The molecule has 4 aromatic carbocycles. The summed E-state index contributed by atoms with van der Waals surface area (Å²) in [5.74, 6) is -1.58. The van der Waals surface area contributed by atoms with Crippen molar-refractivity contribution in [2.24, 2.45) is 0 Å². The van der Waals surface area contributed by atoms with Gasteiger partial charge in [0.25, 0.3) is 0 Å². The summed E-state index contributed by atoms with van der Waals surface area (Å²) in [7, 11) is 0. The number of benzene rings is 4. The summed E-state index contributed by atoms with van der Waals surface area (Å²) < 4.78 is 6.05. The Morgan fingerprint density at radius 3 is 1.87 bits per heavy atom. The fourth-order valence-corrected chi connectivity index (χ4v) is 4.82. The van der Waals surface area contributed by atoms with Gasteiger partial charge in [-0.05, 0) is 72.5 Å². The third-order valence-electron chi connectivity index (χ3n) is 7.13. The monoisotopic (exact) mass is 600 g/mol. The van der Waals surface area contributed by atoms with Crippen molar-refractivity contribution in [1.29, 1.82) is 5.26 Å². The molecule has 0 aromatic heterocycles. The lowest BCUT2D eigenvalue weighted by atomic mass is 10.1. The molecule has 0 aliphatic rings. The van der Waals surface area contributed by atoms with Crippen molar-refractivity contribution in [3.05, 3.63) is 125 Å². The molecular weight excluding hydrogens is 564 g/mol. The zero-order chi connectivity index (χ0) is 31.9. The standard InChI is InChI=1S/C38H36N2O5/c39-28-32(38(43)44)27-31-22-19-30(26-36(31)45-25-11-3-1-2-10-16-37(41)42)18-17-29-20-23-35(24-21-29)40(33-12-6-4-7-13-33)34-14-8-5-9-15-34/h4-9,12-15,17-24,26-27H,1-3,10-11,16,25H2,(H,41,42)(H,43,44)/b18-17+,32-27-. The minimum atomic E-state index is -1.30. The van der Waals surface area contributed by atoms with Gasteiger partial charge in [-0.3, -0.25) is 4.79 Å². The Bertz CT molecular complexity index is 1620. The number of nitrogens with zero attached hydrogens (tertiary/aromatic N) is 2. The summed E-state index contributed by atoms with van der Waals surface area (Å²) in [4.78, 5) is 24.3. The molecular formula is C38H36N2O5. The summed E-state index contributed by atoms with van der Waals surface area (Å²) in [5, 5.41) is 27.4. The van der Waals surface area contributed by atoms with Crippen LogP contribution >= 0.6 is 0 Å². The van der Waals surface area contributed by atoms with Gasteiger partial charge in [0.1, 0.15) is 17.4 Å². The van der Waals surface area contributed by atoms with Gasteiger partial charge >= 0.3 is 11.9 Å². The minimum Gasteiger partial charge on any atom is -0.493 e. The molecule has 0 aliphatic heterocycles. The van der Waals surface area contributed by atoms with E-state index in [0.29, 0.717) is 24.3 Å². The summed E-state index contributed by atoms with van der Waals surface area (Å²) in [5.41, 5.74) is 5.17. The van der Waals surface area contributed by atoms with Gasteiger partial charge in [-0.2, -0.15) is 5.26 Å². The number of carboxylic acids is 2. The first kappa shape index (κ1) is 32.3. The molecule has 4 aromatic rings. The van der Waals surface area contributed by atoms with Crippen molar-refractivity contribution >= 4 is 47.2 Å². The molecule has 0 saturated carbocycles. The van der Waals surface area contributed by atoms with Crippen LogP contribution in [0.1, 0.15) is 55.2 Å². The largest absolute Gasteiger partial charge is 0.493 e. The maximum Gasteiger partial charge on any atom is 0.346 e. The Labute approximate surface area is 264 Å². The van der Waals surface area contributed by atoms with Gasteiger partial charge in [0.15, 0.2) is 0 Å². The highest BCUT2D eigenvalue weighted by atomic mass is 16.5. The number of carbonyl (C=O) groups is 2. The Morgan fingerprint density at radius 1 is 0.711 bits per heavy atom. The molecule has 7 heteroatoms. The van der Waals surface area contributed by atoms with E-state index in [9.17, 15) is 20.0 Å². The quantitative estimate of drug-likeness (QED) is 0.0571. The molecule has 0 bridgehead atoms. The molecule has 7 nitrogen and oxygen atoms in total. The lowest BCUT2D eigenvalue weighted by molar-refractivity contribution is -0.137. The van der Waals surface area contributed by atoms with Crippen LogP contribution in [0.4, 0.5) is 17.1 Å². The predicted molar refractivity (Wildman–Crippen MR) is 179 cm³/mol. The Morgan fingerprint density at radius 2 is 1.27 bits per heavy atom. The van der Waals surface area contributed by atoms with Gasteiger partial charge < -0.3 is 19.8 Å². The molecule has 0 amide bonds. The van der Waals surface area contributed by atoms with Crippen LogP contribution < -0.4 is 9.64 Å². The maximum atomic E-state index is 11.4. The number of hydrogen-bond donors (Lipinski definition) is 2. The fraction of sp³-hybridized carbons (Fsp3) is 0.184. The van der Waals surface area contributed by atoms with E-state index in [2.05, 4.69) is 53.4 Å². The average Bonchev–Trinajstić information content (AvgIpc) is 3.06. The SMILES string of the molecule is N#C/C(=C/c1ccc(/C=C/c2ccc(N(c3ccccc3)c3ccccc3)cc2)cc1OCCCCCCCC(=O)O)C(=O)O. The highest BCUT2D eigenvalue weighted by Gasteiger charge is 2.12. The molecule has 0 aliphatic carbocycles. The zero-order valence-corrected chi connectivity index (χ0v) is 25.0. The van der Waals surface area contributed by atoms with E-state index in [-0.39, 0.29) is 12.0 Å². The number of rotatable bonds is 16. The number of unbranched alkanes of at least 4 members (excludes halogenated alkanes) is 4. The summed E-state index contributed by atoms with van der Waals surface area (Å²) >= 11 is 0. The molecule has 0 atom stereocenters. The smallest absolute Gasteiger partial charge is 0.346 e. The molecule has 228 valence electrons. The maximum absolute atomic E-state index is 11.4. The highest BCUT2D eigenvalue weighted by Crippen LogP contribution is 2.34. The van der Waals surface area contributed by atoms with Crippen molar-refractivity contribution < 1.29 is 24.5 Å². The number of aliphatic carboxylic acids is 2. The molecule has 0 unspecified atom stereocenters. The third-order valence-corrected chi connectivity index (χ3v) is 7.13. The first-order chi connectivity index (χ1) is 21.9. The lowest BCUT2D eigenvalue weighted by Gasteiger charge is -2.25. The first-order valence-corrected chi connectivity index (χ1v) is 15.0. The van der Waals surface area contributed by atoms with Gasteiger partial charge in [0, 0.05) is 29.0 Å². The molecule has 0 heterocycles. The van der Waals surface area contributed by atoms with E-state index in [0.717, 1.165) is 53.9 Å². The van der Waals surface area contributed by atoms with E-state index in [1.807, 2.05) is 60.7 Å². The topological polar surface area (TPSA) is 111 Å². The van der Waals surface area contributed by atoms with Crippen LogP contribution in [0.2, 0.25) is 0 Å². The van der Waals surface area contributed by atoms with E-state index in [4.69, 9.17) is 9.84 Å². The van der Waals surface area contributed by atoms with Crippen molar-refractivity contribution in [2.75, 3.05) is 11.5 Å². The molecule has 2 N–H and O–H groups in total. The van der Waals surface area contributed by atoms with E-state index < -0.39 is 11.9 Å². The minimum absolute atomic E-state index is 0.182. The van der Waals surface area contributed by atoms with Crippen LogP contribution in [-0.4, -0.2) is 28.8 Å². The van der Waals surface area contributed by atoms with Crippen LogP contribution in [0, 0.1) is 11.3 Å². The van der Waals surface area contributed by atoms with Crippen LogP contribution in [0.25, 0.3) is 18.2 Å². The van der Waals surface area contributed by atoms with Crippen LogP contribution in [0.15, 0.2) is 109 Å². The van der Waals surface area contributed by atoms with Crippen molar-refractivity contribution in [1.82, 2.24) is 0 Å². The second-order valence-corrected chi connectivity index (χ2v) is 10.5. The number of nitriles is 1. The number of ether oxygens (including phenoxy) is 1. The van der Waals surface area contributed by atoms with Gasteiger partial charge in [0.2, 0.25) is 0 Å². The Hall–Kier alpha value is -5.61. The van der Waals surface area contributed by atoms with E-state index in [1.165, 1.54) is 6.08 Å². The summed E-state index contributed by atoms with van der Waals surface area (Å²) in [6.45, 7) is 0.419. The highest BCUT2D eigenvalue weighted by molar-refractivity contribution is 5.97. The van der Waals surface area contributed by atoms with Crippen LogP contribution in [-0.2, 0) is 9.59 Å². The second-order valence-electron chi connectivity index (χ2n) is 10.5. The van der Waals surface area contributed by atoms with Crippen molar-refractivity contribution in [3.63, 3.8) is 0 Å². The van der Waals surface area contributed by atoms with Gasteiger partial charge in [-0.25, -0.2) is 4.79 Å². The lowest BCUT2D eigenvalue weighted by Crippen LogP contribution is -2.09. The number of hydrogen-bond acceptors (Lipinski definition) is 5. The van der Waals surface area contributed by atoms with Gasteiger partial charge in [-0.15, -0.1) is 0 Å². The molecule has 0 fully saturated rings. The molecule has 0 saturated heterocycles. The van der Waals surface area contributed by atoms with Crippen molar-refractivity contribution in [2.45, 2.75) is 38.5 Å². The number of anilines is 3. The van der Waals surface area contributed by atoms with Crippen LogP contribution in [0.5, 0.6) is 5.75 Å². The predicted octanol–water partition coefficient (Wildman–Crippen LogP) is 9.12. The summed E-state index contributed by atoms with van der Waals surface area (Å²) in [6, 6.07) is 35.9. The molecule has 0 radical (unpaired) electrons. The van der Waals surface area contributed by atoms with Gasteiger partial charge in [0.05, 0.1) is 6.61 Å². The van der Waals surface area contributed by atoms with Crippen LogP contribution in [0.3, 0.4) is 0 Å². The second kappa shape index (κ2) is 16.9. The van der Waals surface area contributed by atoms with E-state index in [1.54, 1.807) is 12.1 Å². The Balaban J connectivity index is 1.48. The normalized spacial score (nSPS) is 11.2. The van der Waals surface area contributed by atoms with E-state index >= 15 is 0 Å². The summed E-state index contributed by atoms with van der Waals surface area (Å²) in [6.07, 6.45) is 9.56. The average molecular weight is 601 g/mol. The molecule has 4 rings (SSSR count). The van der Waals surface area contributed by atoms with Crippen molar-refractivity contribution in [3.8, 4) is 11.8 Å². The third kappa shape index (κ3) is 9.97. The first-order valence-electron chi connectivity index (χ1n) is 15.0.